The van der Waals surface area contributed by atoms with Gasteiger partial charge >= 0.3 is 0 Å². The summed E-state index contributed by atoms with van der Waals surface area (Å²) in [4.78, 5) is 14.8. The minimum Gasteiger partial charge on any atom is -0.494 e. The standard InChI is InChI=1S/C18H28N2O3/c1-4-23-17-8-6-5-7-15(17)11-19-18(21)16-13-22-10-9-20(16)12-14(2)3/h5-8,14,16H,4,9-13H2,1-3H3,(H,19,21)/t16-/m1/s1. The topological polar surface area (TPSA) is 50.8 Å². The molecule has 0 spiro atoms. The number of hydrogen-bond donors (Lipinski definition) is 1. The number of ether oxygens (including phenoxy) is 2. The normalized spacial score (nSPS) is 18.9. The van der Waals surface area contributed by atoms with Gasteiger partial charge in [-0.1, -0.05) is 32.0 Å². The highest BCUT2D eigenvalue weighted by molar-refractivity contribution is 5.82. The van der Waals surface area contributed by atoms with E-state index in [4.69, 9.17) is 9.47 Å². The first kappa shape index (κ1) is 17.8. The van der Waals surface area contributed by atoms with Crippen LogP contribution in [-0.4, -0.2) is 49.8 Å². The predicted octanol–water partition coefficient (Wildman–Crippen LogP) is 2.06. The van der Waals surface area contributed by atoms with Crippen LogP contribution in [0.5, 0.6) is 5.75 Å². The fourth-order valence-corrected chi connectivity index (χ4v) is 2.81. The van der Waals surface area contributed by atoms with Gasteiger partial charge in [-0.3, -0.25) is 9.69 Å². The van der Waals surface area contributed by atoms with Crippen LogP contribution in [0.3, 0.4) is 0 Å². The van der Waals surface area contributed by atoms with Crippen LogP contribution in [-0.2, 0) is 16.1 Å². The van der Waals surface area contributed by atoms with E-state index in [9.17, 15) is 4.79 Å². The van der Waals surface area contributed by atoms with Crippen molar-refractivity contribution in [3.8, 4) is 5.75 Å². The molecule has 1 aliphatic heterocycles. The fraction of sp³-hybridized carbons (Fsp3) is 0.611. The Bertz CT molecular complexity index is 505. The first-order valence-corrected chi connectivity index (χ1v) is 8.42. The molecule has 0 aromatic heterocycles. The number of benzene rings is 1. The lowest BCUT2D eigenvalue weighted by molar-refractivity contribution is -0.133. The van der Waals surface area contributed by atoms with Crippen molar-refractivity contribution in [2.24, 2.45) is 5.92 Å². The van der Waals surface area contributed by atoms with E-state index in [2.05, 4.69) is 24.1 Å². The van der Waals surface area contributed by atoms with Crippen LogP contribution < -0.4 is 10.1 Å². The number of para-hydroxylation sites is 1. The molecule has 0 radical (unpaired) electrons. The first-order valence-electron chi connectivity index (χ1n) is 8.42. The third kappa shape index (κ3) is 5.22. The Morgan fingerprint density at radius 1 is 1.43 bits per heavy atom. The zero-order valence-corrected chi connectivity index (χ0v) is 14.4. The van der Waals surface area contributed by atoms with E-state index >= 15 is 0 Å². The first-order chi connectivity index (χ1) is 11.1. The number of carbonyl (C=O) groups excluding carboxylic acids is 1. The van der Waals surface area contributed by atoms with Gasteiger partial charge in [0.05, 0.1) is 19.8 Å². The average molecular weight is 320 g/mol. The van der Waals surface area contributed by atoms with Gasteiger partial charge in [0.25, 0.3) is 0 Å². The minimum atomic E-state index is -0.203. The third-order valence-corrected chi connectivity index (χ3v) is 3.87. The number of hydrogen-bond acceptors (Lipinski definition) is 4. The van der Waals surface area contributed by atoms with Gasteiger partial charge in [-0.2, -0.15) is 0 Å². The molecule has 1 heterocycles. The quantitative estimate of drug-likeness (QED) is 0.835. The van der Waals surface area contributed by atoms with E-state index in [1.807, 2.05) is 31.2 Å². The molecule has 0 saturated carbocycles. The van der Waals surface area contributed by atoms with Crippen LogP contribution in [0.25, 0.3) is 0 Å². The Labute approximate surface area is 139 Å². The number of rotatable bonds is 7. The molecule has 23 heavy (non-hydrogen) atoms. The highest BCUT2D eigenvalue weighted by Gasteiger charge is 2.29. The summed E-state index contributed by atoms with van der Waals surface area (Å²) in [5, 5.41) is 3.03. The molecule has 1 aliphatic rings. The van der Waals surface area contributed by atoms with E-state index in [1.54, 1.807) is 0 Å². The molecule has 2 rings (SSSR count). The van der Waals surface area contributed by atoms with Gasteiger partial charge in [0.1, 0.15) is 11.8 Å². The van der Waals surface area contributed by atoms with Crippen molar-refractivity contribution in [1.29, 1.82) is 0 Å². The average Bonchev–Trinajstić information content (AvgIpc) is 2.54. The molecule has 1 saturated heterocycles. The van der Waals surface area contributed by atoms with E-state index in [-0.39, 0.29) is 11.9 Å². The number of nitrogens with one attached hydrogen (secondary N) is 1. The van der Waals surface area contributed by atoms with Crippen LogP contribution in [0.4, 0.5) is 0 Å². The summed E-state index contributed by atoms with van der Waals surface area (Å²) in [7, 11) is 0. The van der Waals surface area contributed by atoms with Crippen molar-refractivity contribution in [1.82, 2.24) is 10.2 Å². The Hall–Kier alpha value is -1.59. The molecule has 0 aliphatic carbocycles. The van der Waals surface area contributed by atoms with Gasteiger partial charge in [0.2, 0.25) is 5.91 Å². The van der Waals surface area contributed by atoms with E-state index in [1.165, 1.54) is 0 Å². The molecule has 1 aromatic rings. The summed E-state index contributed by atoms with van der Waals surface area (Å²) in [5.74, 6) is 1.38. The smallest absolute Gasteiger partial charge is 0.240 e. The zero-order valence-electron chi connectivity index (χ0n) is 14.4. The van der Waals surface area contributed by atoms with E-state index in [0.29, 0.717) is 32.3 Å². The Balaban J connectivity index is 1.95. The maximum Gasteiger partial charge on any atom is 0.240 e. The van der Waals surface area contributed by atoms with Gasteiger partial charge < -0.3 is 14.8 Å². The van der Waals surface area contributed by atoms with Gasteiger partial charge in [0, 0.05) is 25.2 Å². The number of nitrogens with zero attached hydrogens (tertiary/aromatic N) is 1. The predicted molar refractivity (Wildman–Crippen MR) is 90.5 cm³/mol. The van der Waals surface area contributed by atoms with Gasteiger partial charge in [-0.25, -0.2) is 0 Å². The molecular weight excluding hydrogens is 292 g/mol. The van der Waals surface area contributed by atoms with Crippen LogP contribution in [0.15, 0.2) is 24.3 Å². The Kier molecular flexibility index (Phi) is 6.86. The number of carbonyl (C=O) groups is 1. The SMILES string of the molecule is CCOc1ccccc1CNC(=O)[C@H]1COCCN1CC(C)C. The van der Waals surface area contributed by atoms with Crippen LogP contribution in [0, 0.1) is 5.92 Å². The molecule has 5 heteroatoms. The zero-order chi connectivity index (χ0) is 16.7. The second kappa shape index (κ2) is 8.89. The maximum absolute atomic E-state index is 12.6. The summed E-state index contributed by atoms with van der Waals surface area (Å²) >= 11 is 0. The molecule has 5 nitrogen and oxygen atoms in total. The van der Waals surface area contributed by atoms with Gasteiger partial charge in [-0.05, 0) is 18.9 Å². The molecule has 1 amide bonds. The number of amides is 1. The van der Waals surface area contributed by atoms with E-state index in [0.717, 1.165) is 24.4 Å². The summed E-state index contributed by atoms with van der Waals surface area (Å²) in [6.45, 7) is 10.3. The second-order valence-corrected chi connectivity index (χ2v) is 6.24. The van der Waals surface area contributed by atoms with Gasteiger partial charge in [-0.15, -0.1) is 0 Å². The molecule has 0 bridgehead atoms. The Morgan fingerprint density at radius 2 is 2.22 bits per heavy atom. The summed E-state index contributed by atoms with van der Waals surface area (Å²) in [5.41, 5.74) is 0.995. The van der Waals surface area contributed by atoms with Crippen molar-refractivity contribution in [2.45, 2.75) is 33.4 Å². The van der Waals surface area contributed by atoms with Crippen LogP contribution >= 0.6 is 0 Å². The monoisotopic (exact) mass is 320 g/mol. The van der Waals surface area contributed by atoms with Crippen molar-refractivity contribution < 1.29 is 14.3 Å². The molecule has 1 N–H and O–H groups in total. The lowest BCUT2D eigenvalue weighted by atomic mass is 10.1. The van der Waals surface area contributed by atoms with Crippen molar-refractivity contribution >= 4 is 5.91 Å². The fourth-order valence-electron chi connectivity index (χ4n) is 2.81. The van der Waals surface area contributed by atoms with Crippen LogP contribution in [0.1, 0.15) is 26.3 Å². The molecule has 1 atom stereocenters. The molecule has 1 aromatic carbocycles. The Morgan fingerprint density at radius 3 is 2.96 bits per heavy atom. The highest BCUT2D eigenvalue weighted by atomic mass is 16.5. The summed E-state index contributed by atoms with van der Waals surface area (Å²) in [6, 6.07) is 7.60. The van der Waals surface area contributed by atoms with Crippen molar-refractivity contribution in [3.63, 3.8) is 0 Å². The summed E-state index contributed by atoms with van der Waals surface area (Å²) < 4.78 is 11.1. The second-order valence-electron chi connectivity index (χ2n) is 6.24. The molecule has 0 unspecified atom stereocenters. The molecule has 128 valence electrons. The van der Waals surface area contributed by atoms with E-state index < -0.39 is 0 Å². The lowest BCUT2D eigenvalue weighted by Crippen LogP contribution is -2.54. The third-order valence-electron chi connectivity index (χ3n) is 3.87. The molecular formula is C18H28N2O3. The van der Waals surface area contributed by atoms with Crippen molar-refractivity contribution in [3.05, 3.63) is 29.8 Å². The number of morpholine rings is 1. The minimum absolute atomic E-state index is 0.0247. The summed E-state index contributed by atoms with van der Waals surface area (Å²) in [6.07, 6.45) is 0. The van der Waals surface area contributed by atoms with Crippen molar-refractivity contribution in [2.75, 3.05) is 32.9 Å². The maximum atomic E-state index is 12.6. The van der Waals surface area contributed by atoms with Gasteiger partial charge in [0.15, 0.2) is 0 Å². The highest BCUT2D eigenvalue weighted by Crippen LogP contribution is 2.18. The molecule has 1 fully saturated rings. The van der Waals surface area contributed by atoms with Crippen LogP contribution in [0.2, 0.25) is 0 Å². The lowest BCUT2D eigenvalue weighted by Gasteiger charge is -2.35. The largest absolute Gasteiger partial charge is 0.494 e.